The van der Waals surface area contributed by atoms with E-state index in [9.17, 15) is 19.2 Å². The molecular weight excluding hydrogens is 455 g/mol. The van der Waals surface area contributed by atoms with E-state index in [0.717, 1.165) is 0 Å². The number of hydrogen-bond donors (Lipinski definition) is 1. The van der Waals surface area contributed by atoms with Crippen LogP contribution in [-0.4, -0.2) is 33.2 Å². The van der Waals surface area contributed by atoms with Gasteiger partial charge in [-0.1, -0.05) is 18.2 Å². The highest BCUT2D eigenvalue weighted by atomic mass is 19.1. The third kappa shape index (κ3) is 5.94. The van der Waals surface area contributed by atoms with Crippen molar-refractivity contribution in [1.82, 2.24) is 0 Å². The van der Waals surface area contributed by atoms with Crippen molar-refractivity contribution in [2.24, 2.45) is 0 Å². The zero-order valence-electron chi connectivity index (χ0n) is 19.1. The largest absolute Gasteiger partial charge is 0.493 e. The van der Waals surface area contributed by atoms with Crippen molar-refractivity contribution >= 4 is 23.6 Å². The van der Waals surface area contributed by atoms with Crippen LogP contribution in [0.25, 0.3) is 6.08 Å². The average molecular weight is 476 g/mol. The van der Waals surface area contributed by atoms with Gasteiger partial charge in [-0.15, -0.1) is 0 Å². The minimum atomic E-state index is -0.777. The van der Waals surface area contributed by atoms with Crippen LogP contribution in [0.5, 0.6) is 23.0 Å². The SMILES string of the molecule is COc1ccc(C(=O)Oc2ccc(/C=C(\C#N)C(=O)Nc3ccccc3F)cc2OC)cc1OC. The number of halogens is 1. The standard InChI is InChI=1S/C26H21FN2O6/c1-32-21-11-9-17(14-24(21)34-3)26(31)35-22-10-8-16(13-23(22)33-2)12-18(15-28)25(30)29-20-7-5-4-6-19(20)27/h4-14H,1-3H3,(H,29,30)/b18-12+. The molecule has 0 heterocycles. The van der Waals surface area contributed by atoms with E-state index in [1.165, 1.54) is 75.9 Å². The number of ether oxygens (including phenoxy) is 4. The van der Waals surface area contributed by atoms with Gasteiger partial charge in [-0.3, -0.25) is 4.79 Å². The number of hydrogen-bond acceptors (Lipinski definition) is 7. The highest BCUT2D eigenvalue weighted by Crippen LogP contribution is 2.32. The first-order chi connectivity index (χ1) is 16.9. The molecule has 35 heavy (non-hydrogen) atoms. The van der Waals surface area contributed by atoms with Crippen LogP contribution >= 0.6 is 0 Å². The summed E-state index contributed by atoms with van der Waals surface area (Å²) in [5.41, 5.74) is 0.345. The van der Waals surface area contributed by atoms with E-state index in [4.69, 9.17) is 18.9 Å². The maximum absolute atomic E-state index is 13.8. The van der Waals surface area contributed by atoms with Crippen molar-refractivity contribution in [1.29, 1.82) is 5.26 Å². The van der Waals surface area contributed by atoms with Crippen molar-refractivity contribution in [2.45, 2.75) is 0 Å². The molecule has 3 aromatic carbocycles. The molecule has 0 aliphatic rings. The van der Waals surface area contributed by atoms with Crippen LogP contribution in [0.1, 0.15) is 15.9 Å². The maximum atomic E-state index is 13.8. The number of rotatable bonds is 8. The Hall–Kier alpha value is -4.84. The first-order valence-corrected chi connectivity index (χ1v) is 10.2. The highest BCUT2D eigenvalue weighted by Gasteiger charge is 2.17. The van der Waals surface area contributed by atoms with Crippen LogP contribution in [-0.2, 0) is 4.79 Å². The first-order valence-electron chi connectivity index (χ1n) is 10.2. The van der Waals surface area contributed by atoms with Crippen LogP contribution < -0.4 is 24.3 Å². The summed E-state index contributed by atoms with van der Waals surface area (Å²) >= 11 is 0. The van der Waals surface area contributed by atoms with Gasteiger partial charge in [0.15, 0.2) is 23.0 Å². The molecule has 1 amide bonds. The Morgan fingerprint density at radius 2 is 1.54 bits per heavy atom. The Labute approximate surface area is 201 Å². The van der Waals surface area contributed by atoms with E-state index >= 15 is 0 Å². The van der Waals surface area contributed by atoms with Crippen LogP contribution in [0.15, 0.2) is 66.2 Å². The van der Waals surface area contributed by atoms with E-state index in [1.807, 2.05) is 0 Å². The van der Waals surface area contributed by atoms with Crippen molar-refractivity contribution in [2.75, 3.05) is 26.6 Å². The molecule has 3 aromatic rings. The number of nitriles is 1. The van der Waals surface area contributed by atoms with E-state index in [1.54, 1.807) is 18.2 Å². The summed E-state index contributed by atoms with van der Waals surface area (Å²) in [6.45, 7) is 0. The maximum Gasteiger partial charge on any atom is 0.343 e. The van der Waals surface area contributed by atoms with Gasteiger partial charge in [0.05, 0.1) is 32.6 Å². The van der Waals surface area contributed by atoms with Gasteiger partial charge in [-0.2, -0.15) is 5.26 Å². The second-order valence-corrected chi connectivity index (χ2v) is 6.97. The van der Waals surface area contributed by atoms with Gasteiger partial charge in [0.1, 0.15) is 17.5 Å². The van der Waals surface area contributed by atoms with Gasteiger partial charge in [-0.05, 0) is 54.1 Å². The summed E-state index contributed by atoms with van der Waals surface area (Å²) < 4.78 is 34.9. The lowest BCUT2D eigenvalue weighted by molar-refractivity contribution is -0.112. The molecule has 3 rings (SSSR count). The fourth-order valence-electron chi connectivity index (χ4n) is 3.05. The molecule has 0 bridgehead atoms. The number of nitrogens with one attached hydrogen (secondary N) is 1. The number of carbonyl (C=O) groups is 2. The lowest BCUT2D eigenvalue weighted by Gasteiger charge is -2.12. The molecule has 0 saturated carbocycles. The molecular formula is C26H21FN2O6. The third-order valence-corrected chi connectivity index (χ3v) is 4.81. The summed E-state index contributed by atoms with van der Waals surface area (Å²) in [7, 11) is 4.32. The van der Waals surface area contributed by atoms with E-state index < -0.39 is 17.7 Å². The van der Waals surface area contributed by atoms with E-state index in [2.05, 4.69) is 5.32 Å². The van der Waals surface area contributed by atoms with Crippen molar-refractivity contribution < 1.29 is 32.9 Å². The minimum Gasteiger partial charge on any atom is -0.493 e. The average Bonchev–Trinajstić information content (AvgIpc) is 2.88. The first kappa shape index (κ1) is 24.8. The molecule has 0 fully saturated rings. The van der Waals surface area contributed by atoms with Crippen molar-refractivity contribution in [3.05, 3.63) is 83.2 Å². The number of carbonyl (C=O) groups excluding carboxylic acids is 2. The second-order valence-electron chi connectivity index (χ2n) is 6.97. The van der Waals surface area contributed by atoms with E-state index in [-0.39, 0.29) is 28.3 Å². The summed E-state index contributed by atoms with van der Waals surface area (Å²) in [5, 5.41) is 11.8. The molecule has 0 atom stereocenters. The monoisotopic (exact) mass is 476 g/mol. The predicted molar refractivity (Wildman–Crippen MR) is 126 cm³/mol. The molecule has 0 aliphatic carbocycles. The van der Waals surface area contributed by atoms with Gasteiger partial charge < -0.3 is 24.3 Å². The molecule has 178 valence electrons. The Bertz CT molecular complexity index is 1330. The Morgan fingerprint density at radius 3 is 2.20 bits per heavy atom. The molecule has 0 radical (unpaired) electrons. The van der Waals surface area contributed by atoms with Gasteiger partial charge >= 0.3 is 5.97 Å². The summed E-state index contributed by atoms with van der Waals surface area (Å²) in [6.07, 6.45) is 1.30. The molecule has 0 aromatic heterocycles. The molecule has 9 heteroatoms. The molecule has 8 nitrogen and oxygen atoms in total. The van der Waals surface area contributed by atoms with Crippen molar-refractivity contribution in [3.63, 3.8) is 0 Å². The Morgan fingerprint density at radius 1 is 0.886 bits per heavy atom. The number of amides is 1. The number of nitrogens with zero attached hydrogens (tertiary/aromatic N) is 1. The molecule has 0 spiro atoms. The van der Waals surface area contributed by atoms with Crippen LogP contribution in [0.2, 0.25) is 0 Å². The lowest BCUT2D eigenvalue weighted by Crippen LogP contribution is -2.14. The van der Waals surface area contributed by atoms with Crippen LogP contribution in [0.4, 0.5) is 10.1 Å². The quantitative estimate of drug-likeness (QED) is 0.219. The van der Waals surface area contributed by atoms with Gasteiger partial charge in [0.2, 0.25) is 0 Å². The molecule has 0 unspecified atom stereocenters. The smallest absolute Gasteiger partial charge is 0.343 e. The number of benzene rings is 3. The number of esters is 1. The number of para-hydroxylation sites is 1. The molecule has 0 saturated heterocycles. The number of anilines is 1. The predicted octanol–water partition coefficient (Wildman–Crippen LogP) is 4.62. The normalized spacial score (nSPS) is 10.7. The zero-order valence-corrected chi connectivity index (χ0v) is 19.1. The zero-order chi connectivity index (χ0) is 25.4. The second kappa shape index (κ2) is 11.3. The van der Waals surface area contributed by atoms with Gasteiger partial charge in [0, 0.05) is 0 Å². The number of methoxy groups -OCH3 is 3. The van der Waals surface area contributed by atoms with Gasteiger partial charge in [-0.25, -0.2) is 9.18 Å². The Kier molecular flexibility index (Phi) is 8.03. The van der Waals surface area contributed by atoms with Crippen LogP contribution in [0, 0.1) is 17.1 Å². The van der Waals surface area contributed by atoms with Gasteiger partial charge in [0.25, 0.3) is 5.91 Å². The van der Waals surface area contributed by atoms with Crippen LogP contribution in [0.3, 0.4) is 0 Å². The summed E-state index contributed by atoms with van der Waals surface area (Å²) in [6, 6.07) is 16.5. The fourth-order valence-corrected chi connectivity index (χ4v) is 3.05. The lowest BCUT2D eigenvalue weighted by atomic mass is 10.1. The topological polar surface area (TPSA) is 107 Å². The summed E-state index contributed by atoms with van der Waals surface area (Å²) in [5.74, 6) is -0.911. The minimum absolute atomic E-state index is 0.0475. The highest BCUT2D eigenvalue weighted by molar-refractivity contribution is 6.09. The van der Waals surface area contributed by atoms with Crippen molar-refractivity contribution in [3.8, 4) is 29.1 Å². The third-order valence-electron chi connectivity index (χ3n) is 4.81. The Balaban J connectivity index is 1.81. The molecule has 0 aliphatic heterocycles. The molecule has 1 N–H and O–H groups in total. The van der Waals surface area contributed by atoms with E-state index in [0.29, 0.717) is 17.1 Å². The fraction of sp³-hybridized carbons (Fsp3) is 0.115. The summed E-state index contributed by atoms with van der Waals surface area (Å²) in [4.78, 5) is 25.1.